The van der Waals surface area contributed by atoms with Gasteiger partial charge in [0.05, 0.1) is 0 Å². The summed E-state index contributed by atoms with van der Waals surface area (Å²) in [5.41, 5.74) is 6.41. The van der Waals surface area contributed by atoms with E-state index >= 15 is 0 Å². The van der Waals surface area contributed by atoms with Crippen molar-refractivity contribution in [3.8, 4) is 0 Å². The fraction of sp³-hybridized carbons (Fsp3) is 0.500. The van der Waals surface area contributed by atoms with Crippen LogP contribution in [0.4, 0.5) is 8.78 Å². The van der Waals surface area contributed by atoms with Crippen LogP contribution in [0.1, 0.15) is 30.9 Å². The lowest BCUT2D eigenvalue weighted by molar-refractivity contribution is 0.473. The molecule has 1 saturated carbocycles. The summed E-state index contributed by atoms with van der Waals surface area (Å²) < 4.78 is 25.3. The number of pyridine rings is 1. The number of hydrogen-bond donors (Lipinski definition) is 1. The van der Waals surface area contributed by atoms with Crippen LogP contribution in [0.3, 0.4) is 0 Å². The fourth-order valence-electron chi connectivity index (χ4n) is 1.49. The first-order valence-electron chi connectivity index (χ1n) is 4.73. The minimum Gasteiger partial charge on any atom is -0.324 e. The molecule has 1 fully saturated rings. The summed E-state index contributed by atoms with van der Waals surface area (Å²) in [6.07, 6.45) is 4.55. The average molecular weight is 198 g/mol. The second kappa shape index (κ2) is 3.61. The molecule has 1 aromatic heterocycles. The standard InChI is InChI=1S/C10H12F2N2/c11-8-4-7(5-14-10(8)12)9(13)3-6-1-2-6/h4-6,9H,1-3,13H2. The molecule has 1 aliphatic carbocycles. The van der Waals surface area contributed by atoms with E-state index in [4.69, 9.17) is 5.73 Å². The van der Waals surface area contributed by atoms with Crippen molar-refractivity contribution in [2.45, 2.75) is 25.3 Å². The third kappa shape index (κ3) is 2.07. The Morgan fingerprint density at radius 2 is 2.21 bits per heavy atom. The van der Waals surface area contributed by atoms with Crippen molar-refractivity contribution in [1.29, 1.82) is 0 Å². The van der Waals surface area contributed by atoms with Crippen LogP contribution in [-0.2, 0) is 0 Å². The number of rotatable bonds is 3. The summed E-state index contributed by atoms with van der Waals surface area (Å²) in [7, 11) is 0. The molecule has 0 spiro atoms. The monoisotopic (exact) mass is 198 g/mol. The molecule has 1 atom stereocenters. The van der Waals surface area contributed by atoms with Gasteiger partial charge >= 0.3 is 0 Å². The van der Waals surface area contributed by atoms with Crippen LogP contribution in [0.25, 0.3) is 0 Å². The zero-order valence-corrected chi connectivity index (χ0v) is 7.71. The molecule has 1 aliphatic rings. The molecule has 1 unspecified atom stereocenters. The van der Waals surface area contributed by atoms with Crippen LogP contribution in [0.5, 0.6) is 0 Å². The van der Waals surface area contributed by atoms with Crippen LogP contribution >= 0.6 is 0 Å². The quantitative estimate of drug-likeness (QED) is 0.756. The minimum absolute atomic E-state index is 0.218. The van der Waals surface area contributed by atoms with Gasteiger partial charge in [-0.3, -0.25) is 0 Å². The largest absolute Gasteiger partial charge is 0.324 e. The molecule has 14 heavy (non-hydrogen) atoms. The van der Waals surface area contributed by atoms with Gasteiger partial charge in [0.15, 0.2) is 5.82 Å². The van der Waals surface area contributed by atoms with E-state index in [-0.39, 0.29) is 6.04 Å². The van der Waals surface area contributed by atoms with Crippen molar-refractivity contribution in [3.63, 3.8) is 0 Å². The van der Waals surface area contributed by atoms with E-state index in [9.17, 15) is 8.78 Å². The van der Waals surface area contributed by atoms with Gasteiger partial charge in [0.25, 0.3) is 0 Å². The molecule has 0 amide bonds. The smallest absolute Gasteiger partial charge is 0.248 e. The van der Waals surface area contributed by atoms with E-state index in [0.717, 1.165) is 12.5 Å². The Morgan fingerprint density at radius 1 is 1.50 bits per heavy atom. The molecule has 0 aromatic carbocycles. The highest BCUT2D eigenvalue weighted by Crippen LogP contribution is 2.36. The van der Waals surface area contributed by atoms with Crippen LogP contribution in [0, 0.1) is 17.7 Å². The minimum atomic E-state index is -1.06. The van der Waals surface area contributed by atoms with Gasteiger partial charge in [-0.2, -0.15) is 4.39 Å². The van der Waals surface area contributed by atoms with E-state index in [1.807, 2.05) is 0 Å². The van der Waals surface area contributed by atoms with Crippen LogP contribution in [-0.4, -0.2) is 4.98 Å². The Hall–Kier alpha value is -1.03. The van der Waals surface area contributed by atoms with Crippen molar-refractivity contribution in [2.75, 3.05) is 0 Å². The van der Waals surface area contributed by atoms with Gasteiger partial charge in [0.1, 0.15) is 0 Å². The maximum absolute atomic E-state index is 12.8. The van der Waals surface area contributed by atoms with Gasteiger partial charge in [-0.1, -0.05) is 12.8 Å². The van der Waals surface area contributed by atoms with Crippen molar-refractivity contribution in [3.05, 3.63) is 29.6 Å². The SMILES string of the molecule is NC(CC1CC1)c1cnc(F)c(F)c1. The van der Waals surface area contributed by atoms with Gasteiger partial charge in [0.2, 0.25) is 5.95 Å². The molecule has 76 valence electrons. The lowest BCUT2D eigenvalue weighted by atomic mass is 10.0. The zero-order chi connectivity index (χ0) is 10.1. The summed E-state index contributed by atoms with van der Waals surface area (Å²) in [6.45, 7) is 0. The van der Waals surface area contributed by atoms with Crippen LogP contribution in [0.15, 0.2) is 12.3 Å². The second-order valence-corrected chi connectivity index (χ2v) is 3.83. The van der Waals surface area contributed by atoms with Crippen LogP contribution in [0.2, 0.25) is 0 Å². The number of halogens is 2. The molecule has 2 N–H and O–H groups in total. The third-order valence-corrected chi connectivity index (χ3v) is 2.53. The molecule has 0 saturated heterocycles. The normalized spacial score (nSPS) is 18.2. The molecule has 1 heterocycles. The number of aromatic nitrogens is 1. The Morgan fingerprint density at radius 3 is 2.79 bits per heavy atom. The Balaban J connectivity index is 2.10. The molecule has 0 aliphatic heterocycles. The van der Waals surface area contributed by atoms with Gasteiger partial charge in [-0.25, -0.2) is 9.37 Å². The molecular formula is C10H12F2N2. The Bertz CT molecular complexity index is 337. The van der Waals surface area contributed by atoms with E-state index in [2.05, 4.69) is 4.98 Å². The zero-order valence-electron chi connectivity index (χ0n) is 7.71. The molecule has 0 radical (unpaired) electrons. The summed E-state index contributed by atoms with van der Waals surface area (Å²) in [4.78, 5) is 3.31. The first-order valence-corrected chi connectivity index (χ1v) is 4.73. The lowest BCUT2D eigenvalue weighted by Gasteiger charge is -2.10. The number of hydrogen-bond acceptors (Lipinski definition) is 2. The first kappa shape index (κ1) is 9.52. The molecule has 1 aromatic rings. The number of nitrogens with two attached hydrogens (primary N) is 1. The highest BCUT2D eigenvalue weighted by atomic mass is 19.2. The van der Waals surface area contributed by atoms with E-state index in [1.54, 1.807) is 0 Å². The molecule has 0 bridgehead atoms. The van der Waals surface area contributed by atoms with Crippen molar-refractivity contribution >= 4 is 0 Å². The van der Waals surface area contributed by atoms with Gasteiger partial charge in [-0.15, -0.1) is 0 Å². The van der Waals surface area contributed by atoms with Crippen molar-refractivity contribution in [2.24, 2.45) is 11.7 Å². The summed E-state index contributed by atoms with van der Waals surface area (Å²) >= 11 is 0. The van der Waals surface area contributed by atoms with Crippen molar-refractivity contribution < 1.29 is 8.78 Å². The fourth-order valence-corrected chi connectivity index (χ4v) is 1.49. The highest BCUT2D eigenvalue weighted by Gasteiger charge is 2.24. The Kier molecular flexibility index (Phi) is 2.46. The Labute approximate surface area is 81.1 Å². The van der Waals surface area contributed by atoms with E-state index in [1.165, 1.54) is 19.0 Å². The van der Waals surface area contributed by atoms with Crippen molar-refractivity contribution in [1.82, 2.24) is 4.98 Å². The maximum Gasteiger partial charge on any atom is 0.248 e. The first-order chi connectivity index (χ1) is 6.66. The summed E-state index contributed by atoms with van der Waals surface area (Å²) in [5.74, 6) is -1.32. The third-order valence-electron chi connectivity index (χ3n) is 2.53. The predicted molar refractivity (Wildman–Crippen MR) is 48.4 cm³/mol. The average Bonchev–Trinajstić information content (AvgIpc) is 2.93. The van der Waals surface area contributed by atoms with Crippen LogP contribution < -0.4 is 5.73 Å². The predicted octanol–water partition coefficient (Wildman–Crippen LogP) is 2.16. The molecule has 2 nitrogen and oxygen atoms in total. The van der Waals surface area contributed by atoms with E-state index < -0.39 is 11.8 Å². The highest BCUT2D eigenvalue weighted by molar-refractivity contribution is 5.15. The number of nitrogens with zero attached hydrogens (tertiary/aromatic N) is 1. The molecular weight excluding hydrogens is 186 g/mol. The summed E-state index contributed by atoms with van der Waals surface area (Å²) in [6, 6.07) is 0.917. The topological polar surface area (TPSA) is 38.9 Å². The maximum atomic E-state index is 12.8. The molecule has 4 heteroatoms. The van der Waals surface area contributed by atoms with E-state index in [0.29, 0.717) is 11.5 Å². The van der Waals surface area contributed by atoms with Gasteiger partial charge < -0.3 is 5.73 Å². The molecule has 2 rings (SSSR count). The lowest BCUT2D eigenvalue weighted by Crippen LogP contribution is -2.12. The van der Waals surface area contributed by atoms with Gasteiger partial charge in [0, 0.05) is 12.2 Å². The van der Waals surface area contributed by atoms with Gasteiger partial charge in [-0.05, 0) is 24.0 Å². The summed E-state index contributed by atoms with van der Waals surface area (Å²) in [5, 5.41) is 0. The second-order valence-electron chi connectivity index (χ2n) is 3.83.